The van der Waals surface area contributed by atoms with E-state index in [0.29, 0.717) is 18.4 Å². The summed E-state index contributed by atoms with van der Waals surface area (Å²) in [5.41, 5.74) is 0. The summed E-state index contributed by atoms with van der Waals surface area (Å²) >= 11 is 0. The molecule has 1 rings (SSSR count). The minimum Gasteiger partial charge on any atom is -0.338 e. The minimum atomic E-state index is 0.333. The van der Waals surface area contributed by atoms with Gasteiger partial charge in [-0.25, -0.2) is 0 Å². The Labute approximate surface area is 99.0 Å². The van der Waals surface area contributed by atoms with Crippen LogP contribution < -0.4 is 5.32 Å². The lowest BCUT2D eigenvalue weighted by atomic mass is 10.2. The van der Waals surface area contributed by atoms with Crippen LogP contribution in [0.15, 0.2) is 0 Å². The monoisotopic (exact) mass is 227 g/mol. The first-order chi connectivity index (χ1) is 7.65. The van der Waals surface area contributed by atoms with Gasteiger partial charge in [0, 0.05) is 25.6 Å². The summed E-state index contributed by atoms with van der Waals surface area (Å²) in [6.07, 6.45) is 3.96. The van der Waals surface area contributed by atoms with Crippen molar-refractivity contribution in [2.24, 2.45) is 0 Å². The molecule has 0 spiro atoms. The topological polar surface area (TPSA) is 35.6 Å². The first-order valence-electron chi connectivity index (χ1n) is 6.24. The molecule has 0 radical (unpaired) electrons. The zero-order valence-electron chi connectivity index (χ0n) is 10.8. The molecule has 0 aromatic carbocycles. The van der Waals surface area contributed by atoms with Crippen LogP contribution in [0.3, 0.4) is 0 Å². The standard InChI is InChI=1S/C12H25N3O/c1-13-8-4-7-12(16)15-9-5-6-11(15)10-14(2)3/h11,13H,4-10H2,1-3H3. The highest BCUT2D eigenvalue weighted by molar-refractivity contribution is 5.76. The Morgan fingerprint density at radius 2 is 2.25 bits per heavy atom. The summed E-state index contributed by atoms with van der Waals surface area (Å²) in [5, 5.41) is 3.08. The largest absolute Gasteiger partial charge is 0.338 e. The predicted octanol–water partition coefficient (Wildman–Crippen LogP) is 0.539. The van der Waals surface area contributed by atoms with Crippen molar-refractivity contribution in [3.05, 3.63) is 0 Å². The molecule has 1 N–H and O–H groups in total. The molecule has 94 valence electrons. The molecule has 4 nitrogen and oxygen atoms in total. The SMILES string of the molecule is CNCCCC(=O)N1CCCC1CN(C)C. The van der Waals surface area contributed by atoms with Gasteiger partial charge >= 0.3 is 0 Å². The Morgan fingerprint density at radius 3 is 2.88 bits per heavy atom. The summed E-state index contributed by atoms with van der Waals surface area (Å²) < 4.78 is 0. The number of hydrogen-bond acceptors (Lipinski definition) is 3. The number of carbonyl (C=O) groups is 1. The molecule has 1 atom stereocenters. The molecule has 1 unspecified atom stereocenters. The van der Waals surface area contributed by atoms with Crippen LogP contribution in [0.2, 0.25) is 0 Å². The van der Waals surface area contributed by atoms with E-state index in [0.717, 1.165) is 38.9 Å². The third-order valence-electron chi connectivity index (χ3n) is 3.09. The maximum atomic E-state index is 12.0. The first kappa shape index (κ1) is 13.5. The molecule has 4 heteroatoms. The van der Waals surface area contributed by atoms with Gasteiger partial charge in [-0.05, 0) is 47.0 Å². The zero-order valence-corrected chi connectivity index (χ0v) is 10.8. The van der Waals surface area contributed by atoms with Crippen molar-refractivity contribution in [3.8, 4) is 0 Å². The Kier molecular flexibility index (Phi) is 5.77. The molecule has 0 aromatic rings. The lowest BCUT2D eigenvalue weighted by Gasteiger charge is -2.27. The second kappa shape index (κ2) is 6.86. The molecule has 0 aliphatic carbocycles. The molecule has 16 heavy (non-hydrogen) atoms. The number of rotatable bonds is 6. The second-order valence-electron chi connectivity index (χ2n) is 4.85. The molecule has 1 aliphatic rings. The number of likely N-dealkylation sites (N-methyl/N-ethyl adjacent to an activating group) is 1. The van der Waals surface area contributed by atoms with Gasteiger partial charge in [-0.3, -0.25) is 4.79 Å². The average molecular weight is 227 g/mol. The smallest absolute Gasteiger partial charge is 0.222 e. The fraction of sp³-hybridized carbons (Fsp3) is 0.917. The maximum absolute atomic E-state index is 12.0. The molecule has 1 aliphatic heterocycles. The zero-order chi connectivity index (χ0) is 12.0. The Bertz CT molecular complexity index is 218. The highest BCUT2D eigenvalue weighted by Gasteiger charge is 2.28. The van der Waals surface area contributed by atoms with Gasteiger partial charge in [0.1, 0.15) is 0 Å². The molecule has 1 amide bonds. The van der Waals surface area contributed by atoms with Crippen LogP contribution in [0.5, 0.6) is 0 Å². The molecule has 1 heterocycles. The van der Waals surface area contributed by atoms with Crippen LogP contribution in [0.4, 0.5) is 0 Å². The van der Waals surface area contributed by atoms with Crippen molar-refractivity contribution in [2.45, 2.75) is 31.7 Å². The van der Waals surface area contributed by atoms with E-state index in [1.54, 1.807) is 0 Å². The van der Waals surface area contributed by atoms with Gasteiger partial charge < -0.3 is 15.1 Å². The van der Waals surface area contributed by atoms with E-state index in [9.17, 15) is 4.79 Å². The average Bonchev–Trinajstić information content (AvgIpc) is 2.65. The van der Waals surface area contributed by atoms with Gasteiger partial charge in [0.25, 0.3) is 0 Å². The van der Waals surface area contributed by atoms with Crippen LogP contribution in [0.25, 0.3) is 0 Å². The summed E-state index contributed by atoms with van der Waals surface area (Å²) in [6, 6.07) is 0.442. The van der Waals surface area contributed by atoms with Crippen molar-refractivity contribution >= 4 is 5.91 Å². The van der Waals surface area contributed by atoms with Crippen LogP contribution in [0, 0.1) is 0 Å². The number of hydrogen-bond donors (Lipinski definition) is 1. The molecule has 1 fully saturated rings. The van der Waals surface area contributed by atoms with E-state index in [-0.39, 0.29) is 0 Å². The van der Waals surface area contributed by atoms with Crippen LogP contribution in [-0.4, -0.2) is 62.5 Å². The number of nitrogens with one attached hydrogen (secondary N) is 1. The van der Waals surface area contributed by atoms with Gasteiger partial charge in [-0.2, -0.15) is 0 Å². The number of nitrogens with zero attached hydrogens (tertiary/aromatic N) is 2. The quantitative estimate of drug-likeness (QED) is 0.673. The van der Waals surface area contributed by atoms with Crippen molar-refractivity contribution in [1.29, 1.82) is 0 Å². The van der Waals surface area contributed by atoms with Gasteiger partial charge in [0.15, 0.2) is 0 Å². The van der Waals surface area contributed by atoms with E-state index in [4.69, 9.17) is 0 Å². The summed E-state index contributed by atoms with van der Waals surface area (Å²) in [5.74, 6) is 0.333. The second-order valence-corrected chi connectivity index (χ2v) is 4.85. The Morgan fingerprint density at radius 1 is 1.50 bits per heavy atom. The summed E-state index contributed by atoms with van der Waals surface area (Å²) in [7, 11) is 6.07. The van der Waals surface area contributed by atoms with E-state index >= 15 is 0 Å². The van der Waals surface area contributed by atoms with Gasteiger partial charge in [0.05, 0.1) is 0 Å². The molecule has 1 saturated heterocycles. The van der Waals surface area contributed by atoms with E-state index in [1.165, 1.54) is 0 Å². The van der Waals surface area contributed by atoms with Crippen molar-refractivity contribution in [2.75, 3.05) is 40.8 Å². The van der Waals surface area contributed by atoms with Crippen LogP contribution in [-0.2, 0) is 4.79 Å². The Balaban J connectivity index is 2.35. The number of amides is 1. The number of likely N-dealkylation sites (tertiary alicyclic amines) is 1. The normalized spacial score (nSPS) is 20.8. The fourth-order valence-electron chi connectivity index (χ4n) is 2.34. The van der Waals surface area contributed by atoms with Crippen LogP contribution in [0.1, 0.15) is 25.7 Å². The third-order valence-corrected chi connectivity index (χ3v) is 3.09. The highest BCUT2D eigenvalue weighted by atomic mass is 16.2. The van der Waals surface area contributed by atoms with Crippen molar-refractivity contribution in [3.63, 3.8) is 0 Å². The minimum absolute atomic E-state index is 0.333. The van der Waals surface area contributed by atoms with E-state index in [1.807, 2.05) is 7.05 Å². The summed E-state index contributed by atoms with van der Waals surface area (Å²) in [6.45, 7) is 2.88. The molecule has 0 aromatic heterocycles. The van der Waals surface area contributed by atoms with Gasteiger partial charge in [0.2, 0.25) is 5.91 Å². The molecule has 0 bridgehead atoms. The first-order valence-corrected chi connectivity index (χ1v) is 6.24. The van der Waals surface area contributed by atoms with Gasteiger partial charge in [-0.15, -0.1) is 0 Å². The Hall–Kier alpha value is -0.610. The van der Waals surface area contributed by atoms with Crippen molar-refractivity contribution in [1.82, 2.24) is 15.1 Å². The van der Waals surface area contributed by atoms with E-state index < -0.39 is 0 Å². The molecule has 0 saturated carbocycles. The maximum Gasteiger partial charge on any atom is 0.222 e. The summed E-state index contributed by atoms with van der Waals surface area (Å²) in [4.78, 5) is 16.2. The molecular weight excluding hydrogens is 202 g/mol. The number of carbonyl (C=O) groups excluding carboxylic acids is 1. The van der Waals surface area contributed by atoms with Gasteiger partial charge in [-0.1, -0.05) is 0 Å². The lowest BCUT2D eigenvalue weighted by Crippen LogP contribution is -2.41. The van der Waals surface area contributed by atoms with E-state index in [2.05, 4.69) is 29.2 Å². The predicted molar refractivity (Wildman–Crippen MR) is 66.4 cm³/mol. The van der Waals surface area contributed by atoms with Crippen LogP contribution >= 0.6 is 0 Å². The lowest BCUT2D eigenvalue weighted by molar-refractivity contribution is -0.132. The third kappa shape index (κ3) is 4.10. The highest BCUT2D eigenvalue weighted by Crippen LogP contribution is 2.19. The fourth-order valence-corrected chi connectivity index (χ4v) is 2.34. The molecular formula is C12H25N3O. The van der Waals surface area contributed by atoms with Crippen molar-refractivity contribution < 1.29 is 4.79 Å².